The molecule has 0 aliphatic carbocycles. The number of unbranched alkanes of at least 4 members (excludes halogenated alkanes) is 56. The fourth-order valence-corrected chi connectivity index (χ4v) is 11.5. The molecule has 0 saturated carbocycles. The first-order valence-electron chi connectivity index (χ1n) is 35.3. The quantitative estimate of drug-likeness (QED) is 0.0417. The summed E-state index contributed by atoms with van der Waals surface area (Å²) in [6, 6.07) is -0.540. The number of amides is 1. The van der Waals surface area contributed by atoms with E-state index in [1.165, 1.54) is 340 Å². The van der Waals surface area contributed by atoms with Gasteiger partial charge in [0.2, 0.25) is 5.91 Å². The monoisotopic (exact) mass is 1070 g/mol. The van der Waals surface area contributed by atoms with E-state index >= 15 is 0 Å². The molecule has 0 radical (unpaired) electrons. The van der Waals surface area contributed by atoms with E-state index in [0.717, 1.165) is 38.5 Å². The van der Waals surface area contributed by atoms with Crippen molar-refractivity contribution in [2.75, 3.05) is 13.2 Å². The van der Waals surface area contributed by atoms with Crippen LogP contribution in [0.25, 0.3) is 0 Å². The Kier molecular flexibility index (Phi) is 65.4. The average Bonchev–Trinajstić information content (AvgIpc) is 3.42. The molecule has 0 spiro atoms. The zero-order chi connectivity index (χ0) is 55.0. The molecule has 2 atom stereocenters. The second-order valence-electron chi connectivity index (χ2n) is 24.6. The molecule has 0 bridgehead atoms. The van der Waals surface area contributed by atoms with Gasteiger partial charge in [-0.3, -0.25) is 9.59 Å². The minimum atomic E-state index is -0.663. The molecule has 0 aliphatic heterocycles. The fraction of sp³-hybridized carbons (Fsp3) is 0.971. The number of ether oxygens (including phenoxy) is 1. The summed E-state index contributed by atoms with van der Waals surface area (Å²) in [7, 11) is 0. The summed E-state index contributed by atoms with van der Waals surface area (Å²) in [4.78, 5) is 24.6. The summed E-state index contributed by atoms with van der Waals surface area (Å²) < 4.78 is 5.51. The van der Waals surface area contributed by atoms with Crippen molar-refractivity contribution in [1.29, 1.82) is 0 Å². The number of aliphatic hydroxyl groups excluding tert-OH is 2. The van der Waals surface area contributed by atoms with Crippen LogP contribution in [0.1, 0.15) is 412 Å². The number of aliphatic hydroxyl groups is 2. The number of hydrogen-bond acceptors (Lipinski definition) is 5. The van der Waals surface area contributed by atoms with Crippen LogP contribution in [0.2, 0.25) is 0 Å². The van der Waals surface area contributed by atoms with Crippen LogP contribution in [0.4, 0.5) is 0 Å². The van der Waals surface area contributed by atoms with E-state index in [1.54, 1.807) is 0 Å². The van der Waals surface area contributed by atoms with Crippen LogP contribution in [0.5, 0.6) is 0 Å². The number of hydrogen-bond donors (Lipinski definition) is 3. The summed E-state index contributed by atoms with van der Waals surface area (Å²) in [5, 5.41) is 23.4. The molecule has 76 heavy (non-hydrogen) atoms. The molecule has 6 nitrogen and oxygen atoms in total. The Morgan fingerprint density at radius 1 is 0.316 bits per heavy atom. The van der Waals surface area contributed by atoms with Gasteiger partial charge in [0.05, 0.1) is 25.4 Å². The van der Waals surface area contributed by atoms with Gasteiger partial charge in [-0.05, 0) is 25.7 Å². The Labute approximate surface area is 476 Å². The number of rotatable bonds is 67. The normalized spacial score (nSPS) is 12.4. The number of esters is 1. The zero-order valence-corrected chi connectivity index (χ0v) is 52.0. The maximum Gasteiger partial charge on any atom is 0.305 e. The van der Waals surface area contributed by atoms with E-state index in [1.807, 2.05) is 0 Å². The van der Waals surface area contributed by atoms with Crippen molar-refractivity contribution in [2.24, 2.45) is 0 Å². The molecule has 0 heterocycles. The smallest absolute Gasteiger partial charge is 0.305 e. The molecule has 0 aromatic rings. The van der Waals surface area contributed by atoms with Gasteiger partial charge in [-0.1, -0.05) is 373 Å². The molecule has 6 heteroatoms. The van der Waals surface area contributed by atoms with Crippen LogP contribution >= 0.6 is 0 Å². The number of carbonyl (C=O) groups is 2. The third kappa shape index (κ3) is 62.1. The first kappa shape index (κ1) is 74.9. The highest BCUT2D eigenvalue weighted by Gasteiger charge is 2.20. The minimum Gasteiger partial charge on any atom is -0.466 e. The molecule has 1 amide bonds. The molecule has 454 valence electrons. The predicted molar refractivity (Wildman–Crippen MR) is 334 cm³/mol. The van der Waals surface area contributed by atoms with Gasteiger partial charge in [0.15, 0.2) is 0 Å². The van der Waals surface area contributed by atoms with Crippen LogP contribution < -0.4 is 5.32 Å². The third-order valence-electron chi connectivity index (χ3n) is 16.9. The molecule has 0 aromatic carbocycles. The Balaban J connectivity index is 3.33. The average molecular weight is 1070 g/mol. The van der Waals surface area contributed by atoms with Crippen LogP contribution in [0.3, 0.4) is 0 Å². The second kappa shape index (κ2) is 66.4. The highest BCUT2D eigenvalue weighted by molar-refractivity contribution is 5.76. The molecule has 0 aromatic heterocycles. The lowest BCUT2D eigenvalue weighted by atomic mass is 10.0. The van der Waals surface area contributed by atoms with Crippen molar-refractivity contribution in [1.82, 2.24) is 5.32 Å². The van der Waals surface area contributed by atoms with E-state index in [4.69, 9.17) is 4.74 Å². The maximum absolute atomic E-state index is 12.5. The second-order valence-corrected chi connectivity index (χ2v) is 24.6. The van der Waals surface area contributed by atoms with Crippen LogP contribution in [0.15, 0.2) is 0 Å². The van der Waals surface area contributed by atoms with E-state index in [0.29, 0.717) is 25.9 Å². The van der Waals surface area contributed by atoms with Gasteiger partial charge in [-0.2, -0.15) is 0 Å². The summed E-state index contributed by atoms with van der Waals surface area (Å²) in [6.45, 7) is 5.01. The Hall–Kier alpha value is -1.14. The first-order valence-corrected chi connectivity index (χ1v) is 35.3. The van der Waals surface area contributed by atoms with E-state index < -0.39 is 12.1 Å². The number of carbonyl (C=O) groups excluding carboxylic acids is 2. The Bertz CT molecular complexity index is 1100. The van der Waals surface area contributed by atoms with Gasteiger partial charge in [-0.15, -0.1) is 0 Å². The van der Waals surface area contributed by atoms with Gasteiger partial charge in [0.25, 0.3) is 0 Å². The zero-order valence-electron chi connectivity index (χ0n) is 52.0. The van der Waals surface area contributed by atoms with Crippen molar-refractivity contribution in [3.63, 3.8) is 0 Å². The van der Waals surface area contributed by atoms with Gasteiger partial charge < -0.3 is 20.3 Å². The summed E-state index contributed by atoms with van der Waals surface area (Å²) in [5.41, 5.74) is 0. The van der Waals surface area contributed by atoms with E-state index in [2.05, 4.69) is 19.2 Å². The highest BCUT2D eigenvalue weighted by Crippen LogP contribution is 2.20. The van der Waals surface area contributed by atoms with Gasteiger partial charge in [0, 0.05) is 12.8 Å². The standard InChI is InChI=1S/C70H139NO5/c1-3-5-7-9-11-13-15-17-19-21-32-36-40-44-48-52-56-60-64-70(75)76-65-61-57-53-49-45-41-37-33-29-27-25-23-22-24-26-28-31-35-39-43-47-51-55-59-63-69(74)71-67(66-72)68(73)62-58-54-50-46-42-38-34-30-20-18-16-14-12-10-8-6-4-2/h67-68,72-73H,3-66H2,1-2H3,(H,71,74). The number of nitrogens with one attached hydrogen (secondary N) is 1. The van der Waals surface area contributed by atoms with E-state index in [-0.39, 0.29) is 18.5 Å². The minimum absolute atomic E-state index is 0.0213. The van der Waals surface area contributed by atoms with Crippen LogP contribution in [-0.2, 0) is 14.3 Å². The van der Waals surface area contributed by atoms with Gasteiger partial charge in [0.1, 0.15) is 0 Å². The maximum atomic E-state index is 12.5. The van der Waals surface area contributed by atoms with Crippen molar-refractivity contribution >= 4 is 11.9 Å². The lowest BCUT2D eigenvalue weighted by molar-refractivity contribution is -0.143. The summed E-state index contributed by atoms with van der Waals surface area (Å²) >= 11 is 0. The Morgan fingerprint density at radius 3 is 0.803 bits per heavy atom. The fourth-order valence-electron chi connectivity index (χ4n) is 11.5. The van der Waals surface area contributed by atoms with Crippen molar-refractivity contribution in [2.45, 2.75) is 424 Å². The van der Waals surface area contributed by atoms with Crippen molar-refractivity contribution in [3.8, 4) is 0 Å². The Morgan fingerprint density at radius 2 is 0.539 bits per heavy atom. The molecule has 0 fully saturated rings. The SMILES string of the molecule is CCCCCCCCCCCCCCCCCCCCC(=O)OCCCCCCCCCCCCCCCCCCCCCCCCCCC(=O)NC(CO)C(O)CCCCCCCCCCCCCCCCCCC. The summed E-state index contributed by atoms with van der Waals surface area (Å²) in [5.74, 6) is -0.00799. The topological polar surface area (TPSA) is 95.9 Å². The molecule has 2 unspecified atom stereocenters. The van der Waals surface area contributed by atoms with Gasteiger partial charge in [-0.25, -0.2) is 0 Å². The largest absolute Gasteiger partial charge is 0.466 e. The molecule has 0 aliphatic rings. The van der Waals surface area contributed by atoms with Crippen LogP contribution in [-0.4, -0.2) is 47.4 Å². The molecule has 0 rings (SSSR count). The molecule has 0 saturated heterocycles. The van der Waals surface area contributed by atoms with Crippen molar-refractivity contribution < 1.29 is 24.5 Å². The highest BCUT2D eigenvalue weighted by atomic mass is 16.5. The first-order chi connectivity index (χ1) is 37.5. The lowest BCUT2D eigenvalue weighted by Crippen LogP contribution is -2.45. The van der Waals surface area contributed by atoms with Crippen molar-refractivity contribution in [3.05, 3.63) is 0 Å². The third-order valence-corrected chi connectivity index (χ3v) is 16.9. The summed E-state index contributed by atoms with van der Waals surface area (Å²) in [6.07, 6.45) is 80.0. The predicted octanol–water partition coefficient (Wildman–Crippen LogP) is 22.6. The molecule has 3 N–H and O–H groups in total. The van der Waals surface area contributed by atoms with Gasteiger partial charge >= 0.3 is 5.97 Å². The molecular formula is C70H139NO5. The lowest BCUT2D eigenvalue weighted by Gasteiger charge is -2.22. The van der Waals surface area contributed by atoms with E-state index in [9.17, 15) is 19.8 Å². The molecular weight excluding hydrogens is 935 g/mol. The van der Waals surface area contributed by atoms with Crippen LogP contribution in [0, 0.1) is 0 Å².